The van der Waals surface area contributed by atoms with E-state index in [0.29, 0.717) is 26.9 Å². The Balaban J connectivity index is 1.23. The molecule has 1 aliphatic carbocycles. The highest BCUT2D eigenvalue weighted by molar-refractivity contribution is 8.14. The number of hydrazine groups is 1. The van der Waals surface area contributed by atoms with Gasteiger partial charge in [-0.2, -0.15) is 10.1 Å². The number of aliphatic imine (C=N–C) groups is 1. The van der Waals surface area contributed by atoms with Crippen LogP contribution in [0.15, 0.2) is 74.0 Å². The third-order valence-corrected chi connectivity index (χ3v) is 7.15. The molecule has 35 heavy (non-hydrogen) atoms. The van der Waals surface area contributed by atoms with Crippen molar-refractivity contribution in [1.29, 1.82) is 0 Å². The van der Waals surface area contributed by atoms with Gasteiger partial charge in [0.25, 0.3) is 0 Å². The van der Waals surface area contributed by atoms with E-state index in [1.807, 2.05) is 37.3 Å². The molecular weight excluding hydrogens is 480 g/mol. The number of nitrogens with zero attached hydrogens (tertiary/aromatic N) is 6. The summed E-state index contributed by atoms with van der Waals surface area (Å²) in [6.45, 7) is 2.02. The van der Waals surface area contributed by atoms with Gasteiger partial charge >= 0.3 is 0 Å². The van der Waals surface area contributed by atoms with Crippen molar-refractivity contribution in [2.45, 2.75) is 32.6 Å². The molecule has 11 heteroatoms. The van der Waals surface area contributed by atoms with E-state index in [1.165, 1.54) is 39.8 Å². The second-order valence-electron chi connectivity index (χ2n) is 8.08. The van der Waals surface area contributed by atoms with Gasteiger partial charge in [-0.3, -0.25) is 5.43 Å². The van der Waals surface area contributed by atoms with Crippen LogP contribution in [0.5, 0.6) is 5.88 Å². The van der Waals surface area contributed by atoms with Crippen LogP contribution in [0.2, 0.25) is 0 Å². The van der Waals surface area contributed by atoms with Gasteiger partial charge in [0.05, 0.1) is 17.2 Å². The summed E-state index contributed by atoms with van der Waals surface area (Å²) in [6.07, 6.45) is 4.26. The molecule has 3 N–H and O–H groups in total. The number of azo groups is 1. The smallest absolute Gasteiger partial charge is 0.250 e. The highest BCUT2D eigenvalue weighted by Crippen LogP contribution is 2.35. The molecule has 2 aliphatic rings. The van der Waals surface area contributed by atoms with Gasteiger partial charge in [0.1, 0.15) is 0 Å². The Bertz CT molecular complexity index is 1330. The number of anilines is 2. The molecule has 1 aromatic heterocycles. The van der Waals surface area contributed by atoms with Crippen LogP contribution >= 0.6 is 23.1 Å². The largest absolute Gasteiger partial charge is 0.491 e. The highest BCUT2D eigenvalue weighted by atomic mass is 32.2. The van der Waals surface area contributed by atoms with Gasteiger partial charge in [-0.05, 0) is 50.3 Å². The fraction of sp³-hybridized carbons (Fsp3) is 0.250. The van der Waals surface area contributed by atoms with E-state index in [-0.39, 0.29) is 5.88 Å². The van der Waals surface area contributed by atoms with E-state index in [4.69, 9.17) is 0 Å². The average Bonchev–Trinajstić information content (AvgIpc) is 3.41. The predicted octanol–water partition coefficient (Wildman–Crippen LogP) is 6.31. The lowest BCUT2D eigenvalue weighted by molar-refractivity contribution is 0.459. The van der Waals surface area contributed by atoms with Gasteiger partial charge < -0.3 is 10.5 Å². The van der Waals surface area contributed by atoms with Crippen LogP contribution in [0.4, 0.5) is 15.8 Å². The van der Waals surface area contributed by atoms with Crippen LogP contribution < -0.4 is 10.9 Å². The molecule has 0 radical (unpaired) electrons. The number of rotatable bonds is 5. The predicted molar refractivity (Wildman–Crippen MR) is 145 cm³/mol. The molecule has 5 rings (SSSR count). The summed E-state index contributed by atoms with van der Waals surface area (Å²) >= 11 is 2.65. The maximum atomic E-state index is 10.1. The lowest BCUT2D eigenvalue weighted by Crippen LogP contribution is -2.07. The van der Waals surface area contributed by atoms with Gasteiger partial charge in [-0.25, -0.2) is 4.99 Å². The number of aryl methyl sites for hydroxylation is 2. The molecule has 0 atom stereocenters. The molecule has 0 fully saturated rings. The van der Waals surface area contributed by atoms with Gasteiger partial charge in [0, 0.05) is 5.56 Å². The summed E-state index contributed by atoms with van der Waals surface area (Å²) in [5.74, 6) is 0.951. The Kier molecular flexibility index (Phi) is 7.15. The molecule has 2 aromatic carbocycles. The molecular formula is C24H24N8OS2. The van der Waals surface area contributed by atoms with Crippen LogP contribution in [0.25, 0.3) is 0 Å². The average molecular weight is 505 g/mol. The molecule has 2 heterocycles. The van der Waals surface area contributed by atoms with Gasteiger partial charge in [-0.15, -0.1) is 15.3 Å². The first-order valence-electron chi connectivity index (χ1n) is 11.3. The normalized spacial score (nSPS) is 18.0. The molecule has 0 spiro atoms. The van der Waals surface area contributed by atoms with Crippen LogP contribution in [-0.2, 0) is 6.42 Å². The number of hydrogen-bond acceptors (Lipinski definition) is 10. The zero-order chi connectivity index (χ0) is 24.0. The first kappa shape index (κ1) is 23.2. The Morgan fingerprint density at radius 3 is 2.66 bits per heavy atom. The van der Waals surface area contributed by atoms with Crippen molar-refractivity contribution in [2.75, 3.05) is 16.6 Å². The lowest BCUT2D eigenvalue weighted by Gasteiger charge is -2.07. The number of amidine groups is 2. The van der Waals surface area contributed by atoms with E-state index >= 15 is 0 Å². The third-order valence-electron chi connectivity index (χ3n) is 5.47. The van der Waals surface area contributed by atoms with Gasteiger partial charge in [0.2, 0.25) is 16.2 Å². The van der Waals surface area contributed by atoms with E-state index in [9.17, 15) is 5.11 Å². The zero-order valence-corrected chi connectivity index (χ0v) is 20.7. The van der Waals surface area contributed by atoms with Crippen molar-refractivity contribution < 1.29 is 5.11 Å². The first-order valence-corrected chi connectivity index (χ1v) is 13.1. The Labute approximate surface area is 211 Å². The molecule has 178 valence electrons. The van der Waals surface area contributed by atoms with E-state index < -0.39 is 0 Å². The van der Waals surface area contributed by atoms with Crippen molar-refractivity contribution in [2.24, 2.45) is 25.4 Å². The lowest BCUT2D eigenvalue weighted by atomic mass is 10.0. The van der Waals surface area contributed by atoms with Crippen LogP contribution in [-0.4, -0.2) is 32.6 Å². The van der Waals surface area contributed by atoms with Crippen molar-refractivity contribution in [3.8, 4) is 5.88 Å². The Morgan fingerprint density at radius 2 is 1.77 bits per heavy atom. The molecule has 0 saturated heterocycles. The first-order chi connectivity index (χ1) is 17.1. The minimum atomic E-state index is -0.145. The number of nitrogens with one attached hydrogen (secondary N) is 2. The van der Waals surface area contributed by atoms with Crippen molar-refractivity contribution in [3.63, 3.8) is 0 Å². The minimum Gasteiger partial charge on any atom is -0.491 e. The van der Waals surface area contributed by atoms with E-state index in [2.05, 4.69) is 59.5 Å². The second-order valence-corrected chi connectivity index (χ2v) is 10.00. The molecule has 0 saturated carbocycles. The van der Waals surface area contributed by atoms with E-state index in [1.54, 1.807) is 0 Å². The number of aromatic nitrogens is 1. The monoisotopic (exact) mass is 504 g/mol. The summed E-state index contributed by atoms with van der Waals surface area (Å²) in [5, 5.41) is 28.7. The maximum Gasteiger partial charge on any atom is 0.250 e. The number of aromatic hydroxyl groups is 1. The standard InChI is InChI=1S/C24H24N8OS2/c1-15-10-12-17(13-11-15)27-30-22-21(33)26-24(35-22)32-29-20-14-34-23(25-20)31-28-19-9-5-3-7-16-6-2-4-8-18(16)19/h2,4,6,8,10-13,27,30,33H,3,5,7,9,14H2,1H3/b28-19-,31-23-,32-29?. The number of benzene rings is 2. The van der Waals surface area contributed by atoms with Crippen LogP contribution in [0, 0.1) is 6.92 Å². The molecule has 9 nitrogen and oxygen atoms in total. The SMILES string of the molecule is Cc1ccc(NNc2sc(N=NC3=N/C(=N/N=C4/CCCCc5ccccc54)SC3)nc2O)cc1. The summed E-state index contributed by atoms with van der Waals surface area (Å²) < 4.78 is 0. The number of hydrogen-bond donors (Lipinski definition) is 3. The van der Waals surface area contributed by atoms with Crippen molar-refractivity contribution in [1.82, 2.24) is 4.98 Å². The highest BCUT2D eigenvalue weighted by Gasteiger charge is 2.16. The fourth-order valence-corrected chi connectivity index (χ4v) is 4.95. The van der Waals surface area contributed by atoms with Crippen LogP contribution in [0.3, 0.4) is 0 Å². The fourth-order valence-electron chi connectivity index (χ4n) is 3.67. The molecule has 3 aromatic rings. The number of thiazole rings is 1. The van der Waals surface area contributed by atoms with Crippen molar-refractivity contribution >= 4 is 55.6 Å². The number of fused-ring (bicyclic) bond motifs is 1. The number of thioether (sulfide) groups is 1. The zero-order valence-electron chi connectivity index (χ0n) is 19.1. The summed E-state index contributed by atoms with van der Waals surface area (Å²) in [4.78, 5) is 8.47. The minimum absolute atomic E-state index is 0.145. The molecule has 0 unspecified atom stereocenters. The van der Waals surface area contributed by atoms with Gasteiger partial charge in [0.15, 0.2) is 10.8 Å². The van der Waals surface area contributed by atoms with Gasteiger partial charge in [-0.1, -0.05) is 65.1 Å². The summed E-state index contributed by atoms with van der Waals surface area (Å²) in [5.41, 5.74) is 11.5. The Morgan fingerprint density at radius 1 is 0.943 bits per heavy atom. The molecule has 0 amide bonds. The topological polar surface area (TPSA) is 119 Å². The Hall–Kier alpha value is -3.57. The summed E-state index contributed by atoms with van der Waals surface area (Å²) in [7, 11) is 0. The van der Waals surface area contributed by atoms with Crippen LogP contribution in [0.1, 0.15) is 36.0 Å². The summed E-state index contributed by atoms with van der Waals surface area (Å²) in [6, 6.07) is 16.3. The second kappa shape index (κ2) is 10.8. The van der Waals surface area contributed by atoms with Crippen molar-refractivity contribution in [3.05, 3.63) is 65.2 Å². The maximum absolute atomic E-state index is 10.1. The molecule has 1 aliphatic heterocycles. The molecule has 0 bridgehead atoms. The van der Waals surface area contributed by atoms with E-state index in [0.717, 1.165) is 37.1 Å². The quantitative estimate of drug-likeness (QED) is 0.214. The third kappa shape index (κ3) is 5.92.